The first-order valence-electron chi connectivity index (χ1n) is 9.46. The van der Waals surface area contributed by atoms with Gasteiger partial charge in [-0.15, -0.1) is 0 Å². The Labute approximate surface area is 173 Å². The van der Waals surface area contributed by atoms with Crippen LogP contribution in [0.2, 0.25) is 5.02 Å². The molecular weight excluding hydrogens is 390 g/mol. The van der Waals surface area contributed by atoms with Gasteiger partial charge < -0.3 is 4.90 Å². The third-order valence-corrected chi connectivity index (χ3v) is 5.46. The maximum absolute atomic E-state index is 13.0. The number of nitrogens with zero attached hydrogens (tertiary/aromatic N) is 2. The highest BCUT2D eigenvalue weighted by molar-refractivity contribution is 6.39. The van der Waals surface area contributed by atoms with Crippen molar-refractivity contribution in [1.29, 1.82) is 0 Å². The highest BCUT2D eigenvalue weighted by atomic mass is 35.5. The first-order chi connectivity index (χ1) is 13.9. The monoisotopic (exact) mass is 409 g/mol. The van der Waals surface area contributed by atoms with Crippen molar-refractivity contribution in [2.75, 3.05) is 22.9 Å². The van der Waals surface area contributed by atoms with Crippen LogP contribution in [0.3, 0.4) is 0 Å². The van der Waals surface area contributed by atoms with Crippen LogP contribution in [-0.4, -0.2) is 30.9 Å². The molecule has 29 heavy (non-hydrogen) atoms. The standard InChI is InChI=1S/C22H20ClN3O3/c1-14-12-18(25-10-2-3-11-25)7-4-15(14)13-19-20(27)24-22(29)26(21(19)28)17-8-5-16(23)6-9-17/h4-9,12-13H,2-3,10-11H2,1H3,(H,24,27,29)/b19-13-. The number of anilines is 2. The number of barbiturate groups is 1. The van der Waals surface area contributed by atoms with E-state index in [-0.39, 0.29) is 5.57 Å². The lowest BCUT2D eigenvalue weighted by Gasteiger charge is -2.26. The molecule has 0 radical (unpaired) electrons. The lowest BCUT2D eigenvalue weighted by molar-refractivity contribution is -0.122. The molecule has 0 spiro atoms. The Bertz CT molecular complexity index is 1020. The summed E-state index contributed by atoms with van der Waals surface area (Å²) >= 11 is 5.89. The second kappa shape index (κ2) is 7.72. The lowest BCUT2D eigenvalue weighted by atomic mass is 10.0. The minimum atomic E-state index is -0.777. The van der Waals surface area contributed by atoms with Gasteiger partial charge in [0, 0.05) is 23.8 Å². The van der Waals surface area contributed by atoms with Crippen molar-refractivity contribution in [2.45, 2.75) is 19.8 Å². The third-order valence-electron chi connectivity index (χ3n) is 5.21. The number of amides is 4. The Morgan fingerprint density at radius 1 is 0.966 bits per heavy atom. The van der Waals surface area contributed by atoms with Crippen molar-refractivity contribution in [3.8, 4) is 0 Å². The van der Waals surface area contributed by atoms with E-state index >= 15 is 0 Å². The second-order valence-corrected chi connectivity index (χ2v) is 7.61. The fraction of sp³-hybridized carbons (Fsp3) is 0.227. The number of nitrogens with one attached hydrogen (secondary N) is 1. The molecule has 0 bridgehead atoms. The van der Waals surface area contributed by atoms with Crippen LogP contribution in [-0.2, 0) is 9.59 Å². The number of carbonyl (C=O) groups excluding carboxylic acids is 3. The zero-order valence-electron chi connectivity index (χ0n) is 15.9. The summed E-state index contributed by atoms with van der Waals surface area (Å²) in [5.41, 5.74) is 3.11. The molecule has 1 N–H and O–H groups in total. The van der Waals surface area contributed by atoms with Crippen LogP contribution in [0, 0.1) is 6.92 Å². The molecule has 0 saturated carbocycles. The topological polar surface area (TPSA) is 69.7 Å². The van der Waals surface area contributed by atoms with Crippen LogP contribution in [0.1, 0.15) is 24.0 Å². The van der Waals surface area contributed by atoms with Crippen LogP contribution in [0.4, 0.5) is 16.2 Å². The van der Waals surface area contributed by atoms with E-state index in [9.17, 15) is 14.4 Å². The summed E-state index contributed by atoms with van der Waals surface area (Å²) in [4.78, 5) is 40.8. The van der Waals surface area contributed by atoms with Gasteiger partial charge in [0.25, 0.3) is 11.8 Å². The number of urea groups is 1. The Balaban J connectivity index is 1.66. The molecule has 2 aliphatic rings. The molecule has 2 aromatic carbocycles. The van der Waals surface area contributed by atoms with Gasteiger partial charge in [0.05, 0.1) is 5.69 Å². The highest BCUT2D eigenvalue weighted by Crippen LogP contribution is 2.27. The predicted octanol–water partition coefficient (Wildman–Crippen LogP) is 3.92. The van der Waals surface area contributed by atoms with Crippen LogP contribution in [0.15, 0.2) is 48.0 Å². The molecule has 2 saturated heterocycles. The Kier molecular flexibility index (Phi) is 5.11. The van der Waals surface area contributed by atoms with Gasteiger partial charge in [-0.05, 0) is 73.4 Å². The fourth-order valence-electron chi connectivity index (χ4n) is 3.63. The molecule has 2 heterocycles. The van der Waals surface area contributed by atoms with Crippen molar-refractivity contribution in [1.82, 2.24) is 5.32 Å². The molecule has 0 aliphatic carbocycles. The predicted molar refractivity (Wildman–Crippen MR) is 113 cm³/mol. The maximum atomic E-state index is 13.0. The number of carbonyl (C=O) groups is 3. The quantitative estimate of drug-likeness (QED) is 0.616. The average Bonchev–Trinajstić information content (AvgIpc) is 3.22. The van der Waals surface area contributed by atoms with Gasteiger partial charge in [-0.25, -0.2) is 9.69 Å². The molecule has 0 unspecified atom stereocenters. The van der Waals surface area contributed by atoms with E-state index < -0.39 is 17.8 Å². The zero-order chi connectivity index (χ0) is 20.5. The van der Waals surface area contributed by atoms with Gasteiger partial charge in [0.2, 0.25) is 0 Å². The van der Waals surface area contributed by atoms with Crippen molar-refractivity contribution in [2.24, 2.45) is 0 Å². The van der Waals surface area contributed by atoms with Crippen LogP contribution in [0.5, 0.6) is 0 Å². The van der Waals surface area contributed by atoms with E-state index in [4.69, 9.17) is 11.6 Å². The molecule has 148 valence electrons. The summed E-state index contributed by atoms with van der Waals surface area (Å²) in [5, 5.41) is 2.72. The van der Waals surface area contributed by atoms with Crippen molar-refractivity contribution in [3.63, 3.8) is 0 Å². The van der Waals surface area contributed by atoms with Gasteiger partial charge in [-0.3, -0.25) is 14.9 Å². The molecule has 2 aromatic rings. The molecule has 0 atom stereocenters. The molecule has 4 rings (SSSR count). The fourth-order valence-corrected chi connectivity index (χ4v) is 3.76. The van der Waals surface area contributed by atoms with Crippen LogP contribution in [0.25, 0.3) is 6.08 Å². The van der Waals surface area contributed by atoms with Crippen LogP contribution >= 0.6 is 11.6 Å². The van der Waals surface area contributed by atoms with E-state index in [1.807, 2.05) is 19.1 Å². The summed E-state index contributed by atoms with van der Waals surface area (Å²) in [6.07, 6.45) is 3.91. The first kappa shape index (κ1) is 19.2. The Morgan fingerprint density at radius 3 is 2.28 bits per heavy atom. The van der Waals surface area contributed by atoms with Crippen molar-refractivity contribution in [3.05, 3.63) is 64.2 Å². The van der Waals surface area contributed by atoms with E-state index in [0.29, 0.717) is 10.7 Å². The smallest absolute Gasteiger partial charge is 0.335 e. The number of imide groups is 2. The molecule has 0 aromatic heterocycles. The number of benzene rings is 2. The molecular formula is C22H20ClN3O3. The lowest BCUT2D eigenvalue weighted by Crippen LogP contribution is -2.54. The molecule has 6 nitrogen and oxygen atoms in total. The Morgan fingerprint density at radius 2 is 1.62 bits per heavy atom. The van der Waals surface area contributed by atoms with Gasteiger partial charge >= 0.3 is 6.03 Å². The van der Waals surface area contributed by atoms with Gasteiger partial charge in [-0.1, -0.05) is 17.7 Å². The number of hydrogen-bond donors (Lipinski definition) is 1. The highest BCUT2D eigenvalue weighted by Gasteiger charge is 2.36. The number of halogens is 1. The minimum Gasteiger partial charge on any atom is -0.372 e. The Hall–Kier alpha value is -3.12. The largest absolute Gasteiger partial charge is 0.372 e. The summed E-state index contributed by atoms with van der Waals surface area (Å²) in [6, 6.07) is 11.5. The summed E-state index contributed by atoms with van der Waals surface area (Å²) in [6.45, 7) is 4.02. The van der Waals surface area contributed by atoms with Gasteiger partial charge in [0.15, 0.2) is 0 Å². The summed E-state index contributed by atoms with van der Waals surface area (Å²) < 4.78 is 0. The van der Waals surface area contributed by atoms with E-state index in [0.717, 1.165) is 34.8 Å². The first-order valence-corrected chi connectivity index (χ1v) is 9.84. The molecule has 4 amide bonds. The minimum absolute atomic E-state index is 0.0865. The third kappa shape index (κ3) is 3.76. The van der Waals surface area contributed by atoms with E-state index in [1.54, 1.807) is 24.3 Å². The number of rotatable bonds is 3. The molecule has 7 heteroatoms. The van der Waals surface area contributed by atoms with E-state index in [1.165, 1.54) is 18.9 Å². The normalized spacial score (nSPS) is 18.6. The number of hydrogen-bond acceptors (Lipinski definition) is 4. The zero-order valence-corrected chi connectivity index (χ0v) is 16.7. The maximum Gasteiger partial charge on any atom is 0.335 e. The van der Waals surface area contributed by atoms with E-state index in [2.05, 4.69) is 16.3 Å². The second-order valence-electron chi connectivity index (χ2n) is 7.17. The summed E-state index contributed by atoms with van der Waals surface area (Å²) in [7, 11) is 0. The molecule has 2 aliphatic heterocycles. The summed E-state index contributed by atoms with van der Waals surface area (Å²) in [5.74, 6) is -1.36. The van der Waals surface area contributed by atoms with Crippen molar-refractivity contribution >= 4 is 46.9 Å². The van der Waals surface area contributed by atoms with Crippen molar-refractivity contribution < 1.29 is 14.4 Å². The van der Waals surface area contributed by atoms with Gasteiger partial charge in [-0.2, -0.15) is 0 Å². The number of aryl methyl sites for hydroxylation is 1. The molecule has 2 fully saturated rings. The SMILES string of the molecule is Cc1cc(N2CCCC2)ccc1/C=C1/C(=O)NC(=O)N(c2ccc(Cl)cc2)C1=O. The van der Waals surface area contributed by atoms with Crippen LogP contribution < -0.4 is 15.1 Å². The average molecular weight is 410 g/mol. The van der Waals surface area contributed by atoms with Gasteiger partial charge in [0.1, 0.15) is 5.57 Å².